The first-order chi connectivity index (χ1) is 11.0. The number of ether oxygens (including phenoxy) is 1. The van der Waals surface area contributed by atoms with E-state index >= 15 is 0 Å². The topological polar surface area (TPSA) is 76.5 Å². The predicted octanol–water partition coefficient (Wildman–Crippen LogP) is 3.27. The second-order valence-electron chi connectivity index (χ2n) is 4.71. The number of benzene rings is 1. The molecule has 0 atom stereocenters. The lowest BCUT2D eigenvalue weighted by atomic mass is 10.0. The largest absolute Gasteiger partial charge is 0.496 e. The molecular formula is C17H14ClNO4. The average molecular weight is 332 g/mol. The summed E-state index contributed by atoms with van der Waals surface area (Å²) in [5.41, 5.74) is 1.58. The van der Waals surface area contributed by atoms with Gasteiger partial charge in [0.15, 0.2) is 5.78 Å². The minimum atomic E-state index is -0.990. The first kappa shape index (κ1) is 16.7. The molecule has 1 N–H and O–H groups in total. The maximum atomic E-state index is 12.2. The van der Waals surface area contributed by atoms with E-state index in [1.807, 2.05) is 0 Å². The minimum Gasteiger partial charge on any atom is -0.496 e. The Morgan fingerprint density at radius 1 is 1.30 bits per heavy atom. The molecule has 2 aromatic rings. The number of rotatable bonds is 6. The van der Waals surface area contributed by atoms with E-state index in [9.17, 15) is 9.59 Å². The van der Waals surface area contributed by atoms with Crippen LogP contribution in [0.3, 0.4) is 0 Å². The SMILES string of the molecule is COc1ccc(C(=O)/C=C/c2ccc(Cl)nc2)cc1CC(=O)O. The van der Waals surface area contributed by atoms with Gasteiger partial charge in [-0.1, -0.05) is 17.7 Å². The van der Waals surface area contributed by atoms with Crippen molar-refractivity contribution in [2.75, 3.05) is 7.11 Å². The molecule has 118 valence electrons. The van der Waals surface area contributed by atoms with E-state index in [1.165, 1.54) is 19.3 Å². The van der Waals surface area contributed by atoms with Crippen LogP contribution >= 0.6 is 11.6 Å². The van der Waals surface area contributed by atoms with Crippen LogP contribution in [-0.4, -0.2) is 29.0 Å². The Hall–Kier alpha value is -2.66. The number of halogens is 1. The summed E-state index contributed by atoms with van der Waals surface area (Å²) in [6, 6.07) is 8.08. The summed E-state index contributed by atoms with van der Waals surface area (Å²) >= 11 is 5.70. The van der Waals surface area contributed by atoms with Crippen molar-refractivity contribution in [2.24, 2.45) is 0 Å². The Labute approximate surface area is 138 Å². The highest BCUT2D eigenvalue weighted by atomic mass is 35.5. The zero-order chi connectivity index (χ0) is 16.8. The molecule has 0 fully saturated rings. The van der Waals surface area contributed by atoms with Crippen molar-refractivity contribution in [1.82, 2.24) is 4.98 Å². The highest BCUT2D eigenvalue weighted by molar-refractivity contribution is 6.29. The Balaban J connectivity index is 2.21. The molecule has 0 amide bonds. The fraction of sp³-hybridized carbons (Fsp3) is 0.118. The monoisotopic (exact) mass is 331 g/mol. The minimum absolute atomic E-state index is 0.213. The second kappa shape index (κ2) is 7.56. The Kier molecular flexibility index (Phi) is 5.49. The zero-order valence-electron chi connectivity index (χ0n) is 12.3. The molecule has 2 rings (SSSR count). The molecule has 1 aromatic heterocycles. The first-order valence-electron chi connectivity index (χ1n) is 6.72. The molecule has 0 aliphatic rings. The highest BCUT2D eigenvalue weighted by Gasteiger charge is 2.11. The number of carboxylic acids is 1. The van der Waals surface area contributed by atoms with Crippen LogP contribution in [0.2, 0.25) is 5.15 Å². The van der Waals surface area contributed by atoms with E-state index in [-0.39, 0.29) is 12.2 Å². The molecule has 5 nitrogen and oxygen atoms in total. The molecule has 1 heterocycles. The number of hydrogen-bond donors (Lipinski definition) is 1. The van der Waals surface area contributed by atoms with Crippen molar-refractivity contribution in [2.45, 2.75) is 6.42 Å². The maximum Gasteiger partial charge on any atom is 0.307 e. The van der Waals surface area contributed by atoms with Crippen LogP contribution in [0.5, 0.6) is 5.75 Å². The number of carbonyl (C=O) groups is 2. The van der Waals surface area contributed by atoms with Crippen molar-refractivity contribution in [3.8, 4) is 5.75 Å². The van der Waals surface area contributed by atoms with Gasteiger partial charge in [-0.25, -0.2) is 4.98 Å². The van der Waals surface area contributed by atoms with E-state index < -0.39 is 5.97 Å². The summed E-state index contributed by atoms with van der Waals surface area (Å²) in [6.07, 6.45) is 4.36. The lowest BCUT2D eigenvalue weighted by Crippen LogP contribution is -2.04. The van der Waals surface area contributed by atoms with Crippen molar-refractivity contribution in [1.29, 1.82) is 0 Å². The van der Waals surface area contributed by atoms with Gasteiger partial charge in [-0.15, -0.1) is 0 Å². The summed E-state index contributed by atoms with van der Waals surface area (Å²) in [6.45, 7) is 0. The van der Waals surface area contributed by atoms with Gasteiger partial charge in [0.25, 0.3) is 0 Å². The molecule has 0 saturated carbocycles. The first-order valence-corrected chi connectivity index (χ1v) is 7.10. The van der Waals surface area contributed by atoms with E-state index in [4.69, 9.17) is 21.4 Å². The molecule has 0 aliphatic carbocycles. The molecule has 0 saturated heterocycles. The molecule has 6 heteroatoms. The van der Waals surface area contributed by atoms with Crippen molar-refractivity contribution in [3.05, 3.63) is 64.4 Å². The normalized spacial score (nSPS) is 10.7. The Bertz CT molecular complexity index is 754. The zero-order valence-corrected chi connectivity index (χ0v) is 13.1. The highest BCUT2D eigenvalue weighted by Crippen LogP contribution is 2.21. The number of carboxylic acid groups (broad SMARTS) is 1. The third-order valence-corrected chi connectivity index (χ3v) is 3.31. The van der Waals surface area contributed by atoms with Gasteiger partial charge in [-0.2, -0.15) is 0 Å². The van der Waals surface area contributed by atoms with Gasteiger partial charge in [-0.3, -0.25) is 9.59 Å². The molecule has 0 spiro atoms. The van der Waals surface area contributed by atoms with Crippen LogP contribution in [0.4, 0.5) is 0 Å². The number of carbonyl (C=O) groups excluding carboxylic acids is 1. The second-order valence-corrected chi connectivity index (χ2v) is 5.10. The van der Waals surface area contributed by atoms with Crippen LogP contribution in [0.15, 0.2) is 42.6 Å². The average Bonchev–Trinajstić information content (AvgIpc) is 2.53. The van der Waals surface area contributed by atoms with Gasteiger partial charge >= 0.3 is 5.97 Å². The van der Waals surface area contributed by atoms with Gasteiger partial charge in [0.05, 0.1) is 13.5 Å². The number of allylic oxidation sites excluding steroid dienone is 1. The van der Waals surface area contributed by atoms with E-state index in [0.717, 1.165) is 5.56 Å². The van der Waals surface area contributed by atoms with Crippen molar-refractivity contribution in [3.63, 3.8) is 0 Å². The molecular weight excluding hydrogens is 318 g/mol. The van der Waals surface area contributed by atoms with E-state index in [1.54, 1.807) is 36.5 Å². The van der Waals surface area contributed by atoms with Crippen LogP contribution in [-0.2, 0) is 11.2 Å². The molecule has 0 unspecified atom stereocenters. The number of ketones is 1. The number of aromatic nitrogens is 1. The molecule has 23 heavy (non-hydrogen) atoms. The Morgan fingerprint density at radius 2 is 2.09 bits per heavy atom. The molecule has 0 bridgehead atoms. The summed E-state index contributed by atoms with van der Waals surface area (Å²) in [7, 11) is 1.45. The van der Waals surface area contributed by atoms with E-state index in [0.29, 0.717) is 22.0 Å². The number of hydrogen-bond acceptors (Lipinski definition) is 4. The summed E-state index contributed by atoms with van der Waals surface area (Å²) < 4.78 is 5.11. The third-order valence-electron chi connectivity index (χ3n) is 3.08. The van der Waals surface area contributed by atoms with Crippen LogP contribution in [0.1, 0.15) is 21.5 Å². The maximum absolute atomic E-state index is 12.2. The van der Waals surface area contributed by atoms with Gasteiger partial charge in [0.2, 0.25) is 0 Å². The lowest BCUT2D eigenvalue weighted by Gasteiger charge is -2.07. The molecule has 0 aliphatic heterocycles. The van der Waals surface area contributed by atoms with Gasteiger partial charge < -0.3 is 9.84 Å². The molecule has 1 aromatic carbocycles. The van der Waals surface area contributed by atoms with Crippen LogP contribution in [0.25, 0.3) is 6.08 Å². The predicted molar refractivity (Wildman–Crippen MR) is 86.9 cm³/mol. The number of nitrogens with zero attached hydrogens (tertiary/aromatic N) is 1. The smallest absolute Gasteiger partial charge is 0.307 e. The standard InChI is InChI=1S/C17H14ClNO4/c1-23-15-6-4-12(8-13(15)9-17(21)22)14(20)5-2-11-3-7-16(18)19-10-11/h2-8,10H,9H2,1H3,(H,21,22)/b5-2+. The van der Waals surface area contributed by atoms with Crippen LogP contribution in [0, 0.1) is 0 Å². The summed E-state index contributed by atoms with van der Waals surface area (Å²) in [5.74, 6) is -0.792. The third kappa shape index (κ3) is 4.66. The summed E-state index contributed by atoms with van der Waals surface area (Å²) in [5, 5.41) is 9.30. The van der Waals surface area contributed by atoms with Gasteiger partial charge in [-0.05, 0) is 42.0 Å². The summed E-state index contributed by atoms with van der Waals surface area (Å²) in [4.78, 5) is 27.0. The molecule has 0 radical (unpaired) electrons. The fourth-order valence-corrected chi connectivity index (χ4v) is 2.10. The number of aliphatic carboxylic acids is 1. The van der Waals surface area contributed by atoms with Gasteiger partial charge in [0.1, 0.15) is 10.9 Å². The number of methoxy groups -OCH3 is 1. The van der Waals surface area contributed by atoms with Crippen LogP contribution < -0.4 is 4.74 Å². The fourth-order valence-electron chi connectivity index (χ4n) is 1.99. The number of pyridine rings is 1. The quantitative estimate of drug-likeness (QED) is 0.499. The van der Waals surface area contributed by atoms with Gasteiger partial charge in [0, 0.05) is 17.3 Å². The Morgan fingerprint density at radius 3 is 2.70 bits per heavy atom. The van der Waals surface area contributed by atoms with E-state index in [2.05, 4.69) is 4.98 Å². The lowest BCUT2D eigenvalue weighted by molar-refractivity contribution is -0.136. The van der Waals surface area contributed by atoms with Crippen molar-refractivity contribution < 1.29 is 19.4 Å². The van der Waals surface area contributed by atoms with Crippen molar-refractivity contribution >= 4 is 29.4 Å².